The van der Waals surface area contributed by atoms with Crippen molar-refractivity contribution in [3.8, 4) is 28.7 Å². The molecule has 0 radical (unpaired) electrons. The van der Waals surface area contributed by atoms with Crippen LogP contribution in [0.4, 0.5) is 0 Å². The molecule has 1 aliphatic rings. The zero-order chi connectivity index (χ0) is 19.0. The summed E-state index contributed by atoms with van der Waals surface area (Å²) in [4.78, 5) is 23.8. The number of hydrogen-bond acceptors (Lipinski definition) is 7. The van der Waals surface area contributed by atoms with Crippen LogP contribution in [0.15, 0.2) is 24.3 Å². The number of methoxy groups -OCH3 is 2. The molecule has 0 saturated carbocycles. The number of Topliss-reactive ketones (excluding diaryl/α,β-unsaturated/α-hetero) is 1. The highest BCUT2D eigenvalue weighted by atomic mass is 16.5. The van der Waals surface area contributed by atoms with Crippen LogP contribution in [0.3, 0.4) is 0 Å². The summed E-state index contributed by atoms with van der Waals surface area (Å²) in [6, 6.07) is 6.03. The Morgan fingerprint density at radius 2 is 1.73 bits per heavy atom. The SMILES string of the molecule is COc1cc([C@@H]2CC(=O)Oc3ccc(C(C)=O)c(O)c32)cc(OC)c1O. The largest absolute Gasteiger partial charge is 0.507 e. The Hall–Kier alpha value is -3.22. The number of ether oxygens (including phenoxy) is 3. The first-order chi connectivity index (χ1) is 12.4. The molecule has 0 spiro atoms. The van der Waals surface area contributed by atoms with Crippen molar-refractivity contribution < 1.29 is 34.0 Å². The Balaban J connectivity index is 2.23. The van der Waals surface area contributed by atoms with E-state index in [0.29, 0.717) is 11.1 Å². The van der Waals surface area contributed by atoms with Gasteiger partial charge in [-0.25, -0.2) is 0 Å². The van der Waals surface area contributed by atoms with E-state index in [-0.39, 0.29) is 46.5 Å². The van der Waals surface area contributed by atoms with E-state index in [1.807, 2.05) is 0 Å². The maximum Gasteiger partial charge on any atom is 0.312 e. The van der Waals surface area contributed by atoms with E-state index in [0.717, 1.165) is 0 Å². The Morgan fingerprint density at radius 3 is 2.27 bits per heavy atom. The number of esters is 1. The van der Waals surface area contributed by atoms with E-state index in [9.17, 15) is 19.8 Å². The van der Waals surface area contributed by atoms with Crippen molar-refractivity contribution in [2.24, 2.45) is 0 Å². The van der Waals surface area contributed by atoms with Crippen molar-refractivity contribution in [2.75, 3.05) is 14.2 Å². The Labute approximate surface area is 149 Å². The first kappa shape index (κ1) is 17.6. The third-order valence-electron chi connectivity index (χ3n) is 4.40. The molecule has 1 aliphatic heterocycles. The van der Waals surface area contributed by atoms with Gasteiger partial charge in [0.05, 0.1) is 26.2 Å². The number of benzene rings is 2. The Morgan fingerprint density at radius 1 is 1.12 bits per heavy atom. The number of phenols is 2. The molecule has 0 aliphatic carbocycles. The van der Waals surface area contributed by atoms with Crippen LogP contribution in [0.1, 0.15) is 40.7 Å². The summed E-state index contributed by atoms with van der Waals surface area (Å²) in [5.41, 5.74) is 1.06. The molecule has 7 nitrogen and oxygen atoms in total. The lowest BCUT2D eigenvalue weighted by atomic mass is 9.84. The lowest BCUT2D eigenvalue weighted by Crippen LogP contribution is -2.21. The van der Waals surface area contributed by atoms with Crippen LogP contribution in [0, 0.1) is 0 Å². The third kappa shape index (κ3) is 2.81. The molecule has 136 valence electrons. The van der Waals surface area contributed by atoms with Gasteiger partial charge in [-0.05, 0) is 36.8 Å². The van der Waals surface area contributed by atoms with Crippen molar-refractivity contribution in [3.05, 3.63) is 41.0 Å². The highest BCUT2D eigenvalue weighted by Gasteiger charge is 2.33. The maximum absolute atomic E-state index is 12.0. The fourth-order valence-electron chi connectivity index (χ4n) is 3.13. The van der Waals surface area contributed by atoms with Crippen molar-refractivity contribution >= 4 is 11.8 Å². The average molecular weight is 358 g/mol. The van der Waals surface area contributed by atoms with E-state index in [2.05, 4.69) is 0 Å². The Kier molecular flexibility index (Phi) is 4.46. The number of rotatable bonds is 4. The fourth-order valence-corrected chi connectivity index (χ4v) is 3.13. The second-order valence-corrected chi connectivity index (χ2v) is 5.93. The summed E-state index contributed by atoms with van der Waals surface area (Å²) in [5, 5.41) is 20.7. The van der Waals surface area contributed by atoms with Gasteiger partial charge in [-0.15, -0.1) is 0 Å². The van der Waals surface area contributed by atoms with Gasteiger partial charge in [-0.3, -0.25) is 9.59 Å². The number of ketones is 1. The average Bonchev–Trinajstić information content (AvgIpc) is 2.61. The monoisotopic (exact) mass is 358 g/mol. The van der Waals surface area contributed by atoms with Gasteiger partial charge in [0.15, 0.2) is 17.3 Å². The van der Waals surface area contributed by atoms with E-state index in [1.165, 1.54) is 33.3 Å². The molecule has 0 saturated heterocycles. The zero-order valence-electron chi connectivity index (χ0n) is 14.5. The third-order valence-corrected chi connectivity index (χ3v) is 4.40. The standard InChI is InChI=1S/C19H18O7/c1-9(20)11-4-5-13-17(18(11)22)12(8-16(21)26-13)10-6-14(24-2)19(23)15(7-10)25-3/h4-7,12,22-23H,8H2,1-3H3/t12-/m0/s1. The molecule has 0 fully saturated rings. The van der Waals surface area contributed by atoms with Gasteiger partial charge >= 0.3 is 5.97 Å². The van der Waals surface area contributed by atoms with Crippen LogP contribution in [-0.2, 0) is 4.79 Å². The molecule has 3 rings (SSSR count). The predicted molar refractivity (Wildman–Crippen MR) is 91.4 cm³/mol. The maximum atomic E-state index is 12.0. The molecule has 2 N–H and O–H groups in total. The smallest absolute Gasteiger partial charge is 0.312 e. The minimum atomic E-state index is -0.589. The second-order valence-electron chi connectivity index (χ2n) is 5.93. The molecule has 1 heterocycles. The van der Waals surface area contributed by atoms with Crippen LogP contribution in [0.25, 0.3) is 0 Å². The topological polar surface area (TPSA) is 102 Å². The van der Waals surface area contributed by atoms with Crippen molar-refractivity contribution in [2.45, 2.75) is 19.3 Å². The molecule has 2 aromatic carbocycles. The summed E-state index contributed by atoms with van der Waals surface area (Å²) >= 11 is 0. The zero-order valence-corrected chi connectivity index (χ0v) is 14.5. The van der Waals surface area contributed by atoms with Crippen LogP contribution in [0.5, 0.6) is 28.7 Å². The number of carbonyl (C=O) groups is 2. The number of phenolic OH excluding ortho intramolecular Hbond substituents is 2. The summed E-state index contributed by atoms with van der Waals surface area (Å²) < 4.78 is 15.5. The minimum Gasteiger partial charge on any atom is -0.507 e. The van der Waals surface area contributed by atoms with Gasteiger partial charge in [0.1, 0.15) is 11.5 Å². The summed E-state index contributed by atoms with van der Waals surface area (Å²) in [5.74, 6) is -1.22. The van der Waals surface area contributed by atoms with Crippen LogP contribution < -0.4 is 14.2 Å². The number of carbonyl (C=O) groups excluding carboxylic acids is 2. The van der Waals surface area contributed by atoms with Crippen molar-refractivity contribution in [1.82, 2.24) is 0 Å². The molecule has 0 bridgehead atoms. The van der Waals surface area contributed by atoms with E-state index >= 15 is 0 Å². The van der Waals surface area contributed by atoms with Gasteiger partial charge in [-0.1, -0.05) is 0 Å². The van der Waals surface area contributed by atoms with E-state index in [1.54, 1.807) is 12.1 Å². The normalized spacial score (nSPS) is 15.8. The fraction of sp³-hybridized carbons (Fsp3) is 0.263. The van der Waals surface area contributed by atoms with Gasteiger partial charge in [0.25, 0.3) is 0 Å². The Bertz CT molecular complexity index is 876. The van der Waals surface area contributed by atoms with Gasteiger partial charge in [-0.2, -0.15) is 0 Å². The molecule has 7 heteroatoms. The lowest BCUT2D eigenvalue weighted by Gasteiger charge is -2.27. The van der Waals surface area contributed by atoms with Crippen LogP contribution >= 0.6 is 0 Å². The highest BCUT2D eigenvalue weighted by molar-refractivity contribution is 5.98. The number of hydrogen-bond donors (Lipinski definition) is 2. The van der Waals surface area contributed by atoms with Crippen molar-refractivity contribution in [1.29, 1.82) is 0 Å². The molecule has 0 unspecified atom stereocenters. The van der Waals surface area contributed by atoms with Gasteiger partial charge in [0, 0.05) is 11.5 Å². The van der Waals surface area contributed by atoms with Gasteiger partial charge < -0.3 is 24.4 Å². The molecule has 1 atom stereocenters. The summed E-state index contributed by atoms with van der Waals surface area (Å²) in [7, 11) is 2.79. The van der Waals surface area contributed by atoms with E-state index in [4.69, 9.17) is 14.2 Å². The number of fused-ring (bicyclic) bond motifs is 1. The highest BCUT2D eigenvalue weighted by Crippen LogP contribution is 2.48. The number of aromatic hydroxyl groups is 2. The molecule has 2 aromatic rings. The molecule has 0 amide bonds. The lowest BCUT2D eigenvalue weighted by molar-refractivity contribution is -0.135. The van der Waals surface area contributed by atoms with Crippen LogP contribution in [0.2, 0.25) is 0 Å². The first-order valence-corrected chi connectivity index (χ1v) is 7.89. The minimum absolute atomic E-state index is 0.0427. The van der Waals surface area contributed by atoms with E-state index < -0.39 is 11.9 Å². The molecular formula is C19H18O7. The quantitative estimate of drug-likeness (QED) is 0.492. The van der Waals surface area contributed by atoms with Crippen LogP contribution in [-0.4, -0.2) is 36.2 Å². The van der Waals surface area contributed by atoms with Crippen molar-refractivity contribution in [3.63, 3.8) is 0 Å². The molecule has 0 aromatic heterocycles. The summed E-state index contributed by atoms with van der Waals surface area (Å²) in [6.07, 6.45) is -0.0427. The van der Waals surface area contributed by atoms with Gasteiger partial charge in [0.2, 0.25) is 5.75 Å². The summed E-state index contributed by atoms with van der Waals surface area (Å²) in [6.45, 7) is 1.35. The predicted octanol–water partition coefficient (Wildman–Crippen LogP) is 2.76. The second kappa shape index (κ2) is 6.59. The first-order valence-electron chi connectivity index (χ1n) is 7.89. The molecular weight excluding hydrogens is 340 g/mol. The molecule has 26 heavy (non-hydrogen) atoms.